The van der Waals surface area contributed by atoms with Crippen LogP contribution >= 0.6 is 0 Å². The molecular formula is C9H11N3. The second-order valence-corrected chi connectivity index (χ2v) is 2.95. The Labute approximate surface area is 70.6 Å². The molecule has 0 spiro atoms. The van der Waals surface area contributed by atoms with E-state index in [0.717, 1.165) is 11.1 Å². The lowest BCUT2D eigenvalue weighted by Gasteiger charge is -2.00. The van der Waals surface area contributed by atoms with Gasteiger partial charge in [0.1, 0.15) is 0 Å². The first-order valence-corrected chi connectivity index (χ1v) is 3.95. The first kappa shape index (κ1) is 7.31. The zero-order valence-corrected chi connectivity index (χ0v) is 6.91. The Bertz CT molecular complexity index is 389. The number of fused-ring (bicyclic) bond motifs is 1. The number of pyridine rings is 1. The van der Waals surface area contributed by atoms with E-state index in [2.05, 4.69) is 9.97 Å². The number of hydrogen-bond acceptors (Lipinski definition) is 2. The minimum Gasteiger partial charge on any atom is -0.360 e. The summed E-state index contributed by atoms with van der Waals surface area (Å²) in [5.41, 5.74) is 7.98. The molecule has 62 valence electrons. The van der Waals surface area contributed by atoms with Gasteiger partial charge in [-0.1, -0.05) is 0 Å². The summed E-state index contributed by atoms with van der Waals surface area (Å²) in [7, 11) is 0. The number of aromatic amines is 1. The van der Waals surface area contributed by atoms with Gasteiger partial charge in [-0.25, -0.2) is 0 Å². The zero-order valence-electron chi connectivity index (χ0n) is 6.91. The third-order valence-corrected chi connectivity index (χ3v) is 2.01. The molecule has 2 aromatic rings. The largest absolute Gasteiger partial charge is 0.360 e. The number of hydrogen-bond donors (Lipinski definition) is 2. The quantitative estimate of drug-likeness (QED) is 0.667. The predicted molar refractivity (Wildman–Crippen MR) is 48.7 cm³/mol. The molecule has 0 aromatic carbocycles. The maximum absolute atomic E-state index is 5.78. The number of rotatable bonds is 1. The highest BCUT2D eigenvalue weighted by Gasteiger charge is 2.05. The summed E-state index contributed by atoms with van der Waals surface area (Å²) in [4.78, 5) is 7.14. The first-order chi connectivity index (χ1) is 5.79. The molecule has 2 rings (SSSR count). The molecule has 3 heteroatoms. The standard InChI is InChI=1S/C9H11N3/c1-6(10)8-4-12-9-5-11-3-2-7(8)9/h2-6,12H,10H2,1H3. The van der Waals surface area contributed by atoms with Crippen molar-refractivity contribution in [3.05, 3.63) is 30.2 Å². The minimum absolute atomic E-state index is 0.0705. The predicted octanol–water partition coefficient (Wildman–Crippen LogP) is 1.58. The van der Waals surface area contributed by atoms with Crippen LogP contribution in [0.1, 0.15) is 18.5 Å². The molecule has 0 aliphatic heterocycles. The SMILES string of the molecule is CC(N)c1c[nH]c2cnccc12. The van der Waals surface area contributed by atoms with Gasteiger partial charge in [-0.3, -0.25) is 4.98 Å². The Hall–Kier alpha value is -1.35. The molecule has 0 saturated heterocycles. The smallest absolute Gasteiger partial charge is 0.0643 e. The van der Waals surface area contributed by atoms with Crippen molar-refractivity contribution in [1.82, 2.24) is 9.97 Å². The van der Waals surface area contributed by atoms with Crippen LogP contribution in [-0.2, 0) is 0 Å². The zero-order chi connectivity index (χ0) is 8.55. The van der Waals surface area contributed by atoms with E-state index in [1.54, 1.807) is 12.4 Å². The van der Waals surface area contributed by atoms with Gasteiger partial charge in [0.2, 0.25) is 0 Å². The van der Waals surface area contributed by atoms with Crippen molar-refractivity contribution < 1.29 is 0 Å². The second kappa shape index (κ2) is 2.60. The van der Waals surface area contributed by atoms with E-state index >= 15 is 0 Å². The number of aromatic nitrogens is 2. The van der Waals surface area contributed by atoms with Crippen LogP contribution in [0.2, 0.25) is 0 Å². The number of nitrogens with zero attached hydrogens (tertiary/aromatic N) is 1. The van der Waals surface area contributed by atoms with Crippen molar-refractivity contribution in [3.63, 3.8) is 0 Å². The van der Waals surface area contributed by atoms with E-state index in [1.807, 2.05) is 19.2 Å². The molecule has 0 saturated carbocycles. The highest BCUT2D eigenvalue weighted by molar-refractivity contribution is 5.82. The van der Waals surface area contributed by atoms with Crippen molar-refractivity contribution in [2.24, 2.45) is 5.73 Å². The Morgan fingerprint density at radius 2 is 2.42 bits per heavy atom. The summed E-state index contributed by atoms with van der Waals surface area (Å²) in [5.74, 6) is 0. The van der Waals surface area contributed by atoms with Crippen LogP contribution in [0.5, 0.6) is 0 Å². The normalized spacial score (nSPS) is 13.5. The lowest BCUT2D eigenvalue weighted by molar-refractivity contribution is 0.826. The van der Waals surface area contributed by atoms with Crippen LogP contribution in [0.3, 0.4) is 0 Å². The number of H-pyrrole nitrogens is 1. The summed E-state index contributed by atoms with van der Waals surface area (Å²) < 4.78 is 0. The molecule has 2 aromatic heterocycles. The maximum atomic E-state index is 5.78. The Kier molecular flexibility index (Phi) is 1.59. The van der Waals surface area contributed by atoms with E-state index in [0.29, 0.717) is 0 Å². The second-order valence-electron chi connectivity index (χ2n) is 2.95. The van der Waals surface area contributed by atoms with Gasteiger partial charge in [-0.15, -0.1) is 0 Å². The van der Waals surface area contributed by atoms with Crippen LogP contribution in [0.15, 0.2) is 24.7 Å². The average Bonchev–Trinajstić information content (AvgIpc) is 2.47. The van der Waals surface area contributed by atoms with Crippen LogP contribution in [0.25, 0.3) is 10.9 Å². The summed E-state index contributed by atoms with van der Waals surface area (Å²) >= 11 is 0. The van der Waals surface area contributed by atoms with Crippen LogP contribution < -0.4 is 5.73 Å². The highest BCUT2D eigenvalue weighted by Crippen LogP contribution is 2.20. The van der Waals surface area contributed by atoms with E-state index in [1.165, 1.54) is 5.39 Å². The summed E-state index contributed by atoms with van der Waals surface area (Å²) in [6.07, 6.45) is 5.53. The molecular weight excluding hydrogens is 150 g/mol. The van der Waals surface area contributed by atoms with Gasteiger partial charge < -0.3 is 10.7 Å². The topological polar surface area (TPSA) is 54.7 Å². The molecule has 0 aliphatic rings. The van der Waals surface area contributed by atoms with E-state index < -0.39 is 0 Å². The number of nitrogens with one attached hydrogen (secondary N) is 1. The van der Waals surface area contributed by atoms with Crippen molar-refractivity contribution >= 4 is 10.9 Å². The lowest BCUT2D eigenvalue weighted by atomic mass is 10.1. The highest BCUT2D eigenvalue weighted by atomic mass is 14.7. The van der Waals surface area contributed by atoms with E-state index in [4.69, 9.17) is 5.73 Å². The summed E-state index contributed by atoms with van der Waals surface area (Å²) in [6.45, 7) is 1.98. The van der Waals surface area contributed by atoms with Gasteiger partial charge in [0, 0.05) is 23.8 Å². The van der Waals surface area contributed by atoms with Crippen molar-refractivity contribution in [2.45, 2.75) is 13.0 Å². The molecule has 1 unspecified atom stereocenters. The summed E-state index contributed by atoms with van der Waals surface area (Å²) in [6, 6.07) is 2.05. The fourth-order valence-corrected chi connectivity index (χ4v) is 1.37. The van der Waals surface area contributed by atoms with Crippen LogP contribution in [0.4, 0.5) is 0 Å². The van der Waals surface area contributed by atoms with Gasteiger partial charge in [0.05, 0.1) is 11.7 Å². The molecule has 2 heterocycles. The Morgan fingerprint density at radius 1 is 1.58 bits per heavy atom. The molecule has 0 aliphatic carbocycles. The molecule has 0 bridgehead atoms. The van der Waals surface area contributed by atoms with E-state index in [9.17, 15) is 0 Å². The van der Waals surface area contributed by atoms with Gasteiger partial charge in [0.25, 0.3) is 0 Å². The van der Waals surface area contributed by atoms with Gasteiger partial charge >= 0.3 is 0 Å². The molecule has 0 radical (unpaired) electrons. The molecule has 12 heavy (non-hydrogen) atoms. The third kappa shape index (κ3) is 0.987. The third-order valence-electron chi connectivity index (χ3n) is 2.01. The monoisotopic (exact) mass is 161 g/mol. The average molecular weight is 161 g/mol. The molecule has 3 N–H and O–H groups in total. The van der Waals surface area contributed by atoms with Gasteiger partial charge in [0.15, 0.2) is 0 Å². The van der Waals surface area contributed by atoms with Crippen molar-refractivity contribution in [2.75, 3.05) is 0 Å². The molecule has 0 fully saturated rings. The molecule has 0 amide bonds. The van der Waals surface area contributed by atoms with E-state index in [-0.39, 0.29) is 6.04 Å². The lowest BCUT2D eigenvalue weighted by Crippen LogP contribution is -2.03. The fraction of sp³-hybridized carbons (Fsp3) is 0.222. The molecule has 1 atom stereocenters. The maximum Gasteiger partial charge on any atom is 0.0643 e. The molecule has 3 nitrogen and oxygen atoms in total. The minimum atomic E-state index is 0.0705. The van der Waals surface area contributed by atoms with Crippen molar-refractivity contribution in [3.8, 4) is 0 Å². The van der Waals surface area contributed by atoms with Crippen molar-refractivity contribution in [1.29, 1.82) is 0 Å². The Morgan fingerprint density at radius 3 is 3.17 bits per heavy atom. The van der Waals surface area contributed by atoms with Gasteiger partial charge in [-0.05, 0) is 18.6 Å². The fourth-order valence-electron chi connectivity index (χ4n) is 1.37. The Balaban J connectivity index is 2.70. The van der Waals surface area contributed by atoms with Crippen LogP contribution in [-0.4, -0.2) is 9.97 Å². The van der Waals surface area contributed by atoms with Gasteiger partial charge in [-0.2, -0.15) is 0 Å². The van der Waals surface area contributed by atoms with Crippen LogP contribution in [0, 0.1) is 0 Å². The summed E-state index contributed by atoms with van der Waals surface area (Å²) in [5, 5.41) is 1.17. The number of nitrogens with two attached hydrogens (primary N) is 1. The first-order valence-electron chi connectivity index (χ1n) is 3.95.